The molecule has 2 fully saturated rings. The molecule has 3 unspecified atom stereocenters. The van der Waals surface area contributed by atoms with Gasteiger partial charge in [0.2, 0.25) is 0 Å². The zero-order chi connectivity index (χ0) is 25.4. The van der Waals surface area contributed by atoms with Gasteiger partial charge in [-0.3, -0.25) is 4.79 Å². The van der Waals surface area contributed by atoms with Crippen LogP contribution in [0, 0.1) is 34.5 Å². The molecule has 1 aliphatic carbocycles. The molecule has 0 spiro atoms. The first kappa shape index (κ1) is 28.6. The Labute approximate surface area is 205 Å². The van der Waals surface area contributed by atoms with Gasteiger partial charge in [-0.25, -0.2) is 0 Å². The van der Waals surface area contributed by atoms with E-state index >= 15 is 0 Å². The van der Waals surface area contributed by atoms with E-state index in [0.717, 1.165) is 44.9 Å². The van der Waals surface area contributed by atoms with Crippen LogP contribution in [0.15, 0.2) is 0 Å². The maximum Gasteiger partial charge on any atom is 0.309 e. The highest BCUT2D eigenvalue weighted by Gasteiger charge is 2.49. The van der Waals surface area contributed by atoms with Crippen molar-refractivity contribution in [2.24, 2.45) is 34.5 Å². The van der Waals surface area contributed by atoms with Crippen molar-refractivity contribution in [3.8, 4) is 0 Å². The molecule has 2 aliphatic rings. The fourth-order valence-electron chi connectivity index (χ4n) is 6.90. The number of esters is 1. The Balaban J connectivity index is 2.28. The van der Waals surface area contributed by atoms with Gasteiger partial charge in [0, 0.05) is 23.9 Å². The summed E-state index contributed by atoms with van der Waals surface area (Å²) in [5, 5.41) is 15.1. The molecular formula is C29H55NO3. The van der Waals surface area contributed by atoms with E-state index in [1.807, 2.05) is 0 Å². The monoisotopic (exact) mass is 465 g/mol. The third-order valence-electron chi connectivity index (χ3n) is 8.34. The zero-order valence-electron chi connectivity index (χ0n) is 23.7. The fourth-order valence-corrected chi connectivity index (χ4v) is 6.90. The quantitative estimate of drug-likeness (QED) is 0.426. The standard InChI is InChI=1S/C29H55NO3/c1-12-13-14-21(25(32)33-20-17-28(8,9)30-29(10,11)18-20)19-15-22(26(2,3)4)24(31)23(16-19)27(5,6)7/h19-24,30-31H,12-18H2,1-11H3. The number of nitrogens with one attached hydrogen (secondary N) is 1. The zero-order valence-corrected chi connectivity index (χ0v) is 23.7. The average molecular weight is 466 g/mol. The van der Waals surface area contributed by atoms with Gasteiger partial charge >= 0.3 is 5.97 Å². The van der Waals surface area contributed by atoms with Crippen LogP contribution < -0.4 is 5.32 Å². The first-order chi connectivity index (χ1) is 14.9. The van der Waals surface area contributed by atoms with Gasteiger partial charge in [-0.2, -0.15) is 0 Å². The molecule has 1 aliphatic heterocycles. The number of ether oxygens (including phenoxy) is 1. The van der Waals surface area contributed by atoms with Gasteiger partial charge in [0.05, 0.1) is 12.0 Å². The maximum absolute atomic E-state index is 13.7. The van der Waals surface area contributed by atoms with Crippen LogP contribution >= 0.6 is 0 Å². The molecule has 0 aromatic heterocycles. The largest absolute Gasteiger partial charge is 0.462 e. The SMILES string of the molecule is CCCCC(C(=O)OC1CC(C)(C)NC(C)(C)C1)C1CC(C(C)(C)C)C(O)C(C(C)(C)C)C1. The molecule has 0 radical (unpaired) electrons. The molecule has 0 bridgehead atoms. The van der Waals surface area contributed by atoms with E-state index in [9.17, 15) is 9.90 Å². The highest BCUT2D eigenvalue weighted by Crippen LogP contribution is 2.51. The minimum absolute atomic E-state index is 0.00339. The second-order valence-electron chi connectivity index (χ2n) is 14.8. The van der Waals surface area contributed by atoms with Crippen molar-refractivity contribution >= 4 is 5.97 Å². The number of piperidine rings is 1. The van der Waals surface area contributed by atoms with Gasteiger partial charge in [0.1, 0.15) is 6.10 Å². The van der Waals surface area contributed by atoms with Gasteiger partial charge in [0.25, 0.3) is 0 Å². The molecule has 3 atom stereocenters. The summed E-state index contributed by atoms with van der Waals surface area (Å²) < 4.78 is 6.30. The van der Waals surface area contributed by atoms with Gasteiger partial charge in [-0.1, -0.05) is 61.3 Å². The number of carbonyl (C=O) groups is 1. The van der Waals surface area contributed by atoms with Crippen molar-refractivity contribution in [1.82, 2.24) is 5.32 Å². The lowest BCUT2D eigenvalue weighted by atomic mass is 9.56. The van der Waals surface area contributed by atoms with Crippen molar-refractivity contribution in [2.45, 2.75) is 144 Å². The Bertz CT molecular complexity index is 615. The van der Waals surface area contributed by atoms with E-state index in [0.29, 0.717) is 0 Å². The van der Waals surface area contributed by atoms with E-state index in [1.54, 1.807) is 0 Å². The molecule has 33 heavy (non-hydrogen) atoms. The summed E-state index contributed by atoms with van der Waals surface area (Å²) >= 11 is 0. The van der Waals surface area contributed by atoms with Gasteiger partial charge < -0.3 is 15.2 Å². The number of hydrogen-bond acceptors (Lipinski definition) is 4. The molecule has 4 heteroatoms. The van der Waals surface area contributed by atoms with Crippen LogP contribution in [0.1, 0.15) is 121 Å². The number of aliphatic hydroxyl groups excluding tert-OH is 1. The molecule has 2 rings (SSSR count). The number of carbonyl (C=O) groups excluding carboxylic acids is 1. The minimum atomic E-state index is -0.324. The summed E-state index contributed by atoms with van der Waals surface area (Å²) in [7, 11) is 0. The van der Waals surface area contributed by atoms with E-state index in [2.05, 4.69) is 81.5 Å². The Kier molecular flexibility index (Phi) is 8.82. The van der Waals surface area contributed by atoms with Crippen LogP contribution in [0.5, 0.6) is 0 Å². The number of hydrogen-bond donors (Lipinski definition) is 2. The smallest absolute Gasteiger partial charge is 0.309 e. The topological polar surface area (TPSA) is 58.6 Å². The molecule has 2 N–H and O–H groups in total. The molecule has 1 saturated heterocycles. The van der Waals surface area contributed by atoms with Gasteiger partial charge in [0.15, 0.2) is 0 Å². The first-order valence-electron chi connectivity index (χ1n) is 13.5. The summed E-state index contributed by atoms with van der Waals surface area (Å²) in [6.07, 6.45) is 6.16. The van der Waals surface area contributed by atoms with E-state index in [-0.39, 0.29) is 63.8 Å². The summed E-state index contributed by atoms with van der Waals surface area (Å²) in [4.78, 5) is 13.7. The summed E-state index contributed by atoms with van der Waals surface area (Å²) in [6, 6.07) is 0. The highest BCUT2D eigenvalue weighted by molar-refractivity contribution is 5.73. The van der Waals surface area contributed by atoms with Crippen molar-refractivity contribution in [3.05, 3.63) is 0 Å². The molecule has 0 aromatic rings. The van der Waals surface area contributed by atoms with Crippen LogP contribution in [0.3, 0.4) is 0 Å². The predicted octanol–water partition coefficient (Wildman–Crippen LogP) is 6.74. The lowest BCUT2D eigenvalue weighted by Crippen LogP contribution is -2.60. The Morgan fingerprint density at radius 2 is 1.42 bits per heavy atom. The normalized spacial score (nSPS) is 31.8. The average Bonchev–Trinajstić information content (AvgIpc) is 2.58. The van der Waals surface area contributed by atoms with Gasteiger partial charge in [-0.15, -0.1) is 0 Å². The Morgan fingerprint density at radius 1 is 0.970 bits per heavy atom. The third-order valence-corrected chi connectivity index (χ3v) is 8.34. The van der Waals surface area contributed by atoms with E-state index in [4.69, 9.17) is 4.74 Å². The first-order valence-corrected chi connectivity index (χ1v) is 13.5. The summed E-state index contributed by atoms with van der Waals surface area (Å²) in [6.45, 7) is 24.4. The summed E-state index contributed by atoms with van der Waals surface area (Å²) in [5.74, 6) is 0.573. The molecule has 4 nitrogen and oxygen atoms in total. The van der Waals surface area contributed by atoms with Crippen LogP contribution in [0.25, 0.3) is 0 Å². The van der Waals surface area contributed by atoms with E-state index < -0.39 is 0 Å². The Hall–Kier alpha value is -0.610. The molecule has 1 saturated carbocycles. The number of aliphatic hydroxyl groups is 1. The Morgan fingerprint density at radius 3 is 1.82 bits per heavy atom. The lowest BCUT2D eigenvalue weighted by molar-refractivity contribution is -0.165. The van der Waals surface area contributed by atoms with Crippen LogP contribution in [0.2, 0.25) is 0 Å². The van der Waals surface area contributed by atoms with Crippen molar-refractivity contribution < 1.29 is 14.6 Å². The second kappa shape index (κ2) is 10.2. The lowest BCUT2D eigenvalue weighted by Gasteiger charge is -2.51. The minimum Gasteiger partial charge on any atom is -0.462 e. The molecular weight excluding hydrogens is 410 g/mol. The van der Waals surface area contributed by atoms with Crippen LogP contribution in [-0.2, 0) is 9.53 Å². The van der Waals surface area contributed by atoms with Crippen molar-refractivity contribution in [2.75, 3.05) is 0 Å². The molecule has 0 aromatic carbocycles. The second-order valence-corrected chi connectivity index (χ2v) is 14.8. The molecule has 194 valence electrons. The number of unbranched alkanes of at least 4 members (excludes halogenated alkanes) is 1. The fraction of sp³-hybridized carbons (Fsp3) is 0.966. The third kappa shape index (κ3) is 7.69. The molecule has 0 amide bonds. The highest BCUT2D eigenvalue weighted by atomic mass is 16.5. The summed E-state index contributed by atoms with van der Waals surface area (Å²) in [5.41, 5.74) is -0.0851. The van der Waals surface area contributed by atoms with E-state index in [1.165, 1.54) is 0 Å². The van der Waals surface area contributed by atoms with Crippen molar-refractivity contribution in [1.29, 1.82) is 0 Å². The van der Waals surface area contributed by atoms with Crippen LogP contribution in [-0.4, -0.2) is 34.4 Å². The number of rotatable bonds is 6. The molecule has 1 heterocycles. The van der Waals surface area contributed by atoms with Crippen LogP contribution in [0.4, 0.5) is 0 Å². The predicted molar refractivity (Wildman–Crippen MR) is 138 cm³/mol. The van der Waals surface area contributed by atoms with Gasteiger partial charge in [-0.05, 0) is 75.5 Å². The maximum atomic E-state index is 13.7. The van der Waals surface area contributed by atoms with Crippen molar-refractivity contribution in [3.63, 3.8) is 0 Å².